The Morgan fingerprint density at radius 1 is 0.938 bits per heavy atom. The number of hydrogen-bond acceptors (Lipinski definition) is 1. The SMILES string of the molecule is Fc1c(Oc2ccccc2)ccc(I)c1I. The van der Waals surface area contributed by atoms with E-state index in [4.69, 9.17) is 4.74 Å². The summed E-state index contributed by atoms with van der Waals surface area (Å²) in [6, 6.07) is 12.7. The van der Waals surface area contributed by atoms with Crippen LogP contribution in [0.4, 0.5) is 4.39 Å². The summed E-state index contributed by atoms with van der Waals surface area (Å²) in [7, 11) is 0. The van der Waals surface area contributed by atoms with Gasteiger partial charge in [0.25, 0.3) is 0 Å². The Kier molecular flexibility index (Phi) is 4.01. The number of halogens is 3. The first kappa shape index (κ1) is 12.1. The number of hydrogen-bond donors (Lipinski definition) is 0. The van der Waals surface area contributed by atoms with Crippen molar-refractivity contribution in [1.82, 2.24) is 0 Å². The van der Waals surface area contributed by atoms with Gasteiger partial charge in [0, 0.05) is 3.57 Å². The van der Waals surface area contributed by atoms with Crippen LogP contribution in [0.15, 0.2) is 42.5 Å². The fourth-order valence-corrected chi connectivity index (χ4v) is 2.06. The molecule has 4 heteroatoms. The van der Waals surface area contributed by atoms with Gasteiger partial charge < -0.3 is 4.74 Å². The van der Waals surface area contributed by atoms with Gasteiger partial charge in [-0.1, -0.05) is 18.2 Å². The van der Waals surface area contributed by atoms with E-state index in [1.807, 2.05) is 46.9 Å². The maximum atomic E-state index is 13.8. The molecule has 0 N–H and O–H groups in total. The third kappa shape index (κ3) is 2.65. The molecule has 0 aliphatic rings. The average molecular weight is 440 g/mol. The lowest BCUT2D eigenvalue weighted by Crippen LogP contribution is -1.93. The van der Waals surface area contributed by atoms with Crippen molar-refractivity contribution in [3.63, 3.8) is 0 Å². The van der Waals surface area contributed by atoms with Crippen LogP contribution in [0.25, 0.3) is 0 Å². The summed E-state index contributed by atoms with van der Waals surface area (Å²) in [4.78, 5) is 0. The molecule has 0 aromatic heterocycles. The van der Waals surface area contributed by atoms with Crippen LogP contribution >= 0.6 is 45.2 Å². The molecule has 0 heterocycles. The van der Waals surface area contributed by atoms with Gasteiger partial charge >= 0.3 is 0 Å². The van der Waals surface area contributed by atoms with E-state index < -0.39 is 0 Å². The maximum absolute atomic E-state index is 13.8. The standard InChI is InChI=1S/C12H7FI2O/c13-11-10(7-6-9(14)12(11)15)16-8-4-2-1-3-5-8/h1-7H. The zero-order chi connectivity index (χ0) is 11.5. The lowest BCUT2D eigenvalue weighted by Gasteiger charge is -2.08. The van der Waals surface area contributed by atoms with Crippen LogP contribution in [0.1, 0.15) is 0 Å². The predicted octanol–water partition coefficient (Wildman–Crippen LogP) is 4.83. The van der Waals surface area contributed by atoms with Crippen molar-refractivity contribution in [2.75, 3.05) is 0 Å². The van der Waals surface area contributed by atoms with Crippen LogP contribution in [-0.2, 0) is 0 Å². The van der Waals surface area contributed by atoms with Crippen molar-refractivity contribution >= 4 is 45.2 Å². The van der Waals surface area contributed by atoms with Crippen molar-refractivity contribution < 1.29 is 9.13 Å². The predicted molar refractivity (Wildman–Crippen MR) is 78.4 cm³/mol. The van der Waals surface area contributed by atoms with Gasteiger partial charge in [-0.2, -0.15) is 0 Å². The first-order chi connectivity index (χ1) is 7.68. The van der Waals surface area contributed by atoms with E-state index in [2.05, 4.69) is 22.6 Å². The van der Waals surface area contributed by atoms with Crippen molar-refractivity contribution in [3.05, 3.63) is 55.4 Å². The summed E-state index contributed by atoms with van der Waals surface area (Å²) >= 11 is 4.07. The molecule has 0 radical (unpaired) electrons. The van der Waals surface area contributed by atoms with E-state index in [0.29, 0.717) is 9.32 Å². The third-order valence-corrected chi connectivity index (χ3v) is 4.96. The van der Waals surface area contributed by atoms with Crippen molar-refractivity contribution in [2.24, 2.45) is 0 Å². The molecule has 0 aliphatic carbocycles. The third-order valence-electron chi connectivity index (χ3n) is 1.97. The van der Waals surface area contributed by atoms with Crippen molar-refractivity contribution in [3.8, 4) is 11.5 Å². The minimum Gasteiger partial charge on any atom is -0.454 e. The minimum atomic E-state index is -0.309. The van der Waals surface area contributed by atoms with Crippen LogP contribution < -0.4 is 4.74 Å². The normalized spacial score (nSPS) is 10.2. The first-order valence-corrected chi connectivity index (χ1v) is 6.70. The quantitative estimate of drug-likeness (QED) is 0.481. The highest BCUT2D eigenvalue weighted by atomic mass is 127. The Labute approximate surface area is 120 Å². The Morgan fingerprint density at radius 3 is 2.31 bits per heavy atom. The lowest BCUT2D eigenvalue weighted by atomic mass is 10.3. The highest BCUT2D eigenvalue weighted by molar-refractivity contribution is 14.1. The number of benzene rings is 2. The van der Waals surface area contributed by atoms with E-state index in [1.165, 1.54) is 0 Å². The van der Waals surface area contributed by atoms with E-state index in [9.17, 15) is 4.39 Å². The van der Waals surface area contributed by atoms with Gasteiger partial charge in [-0.15, -0.1) is 0 Å². The van der Waals surface area contributed by atoms with Crippen molar-refractivity contribution in [1.29, 1.82) is 0 Å². The van der Waals surface area contributed by atoms with E-state index in [0.717, 1.165) is 3.57 Å². The fraction of sp³-hybridized carbons (Fsp3) is 0. The fourth-order valence-electron chi connectivity index (χ4n) is 1.20. The monoisotopic (exact) mass is 440 g/mol. The van der Waals surface area contributed by atoms with Crippen molar-refractivity contribution in [2.45, 2.75) is 0 Å². The molecule has 2 aromatic carbocycles. The molecule has 82 valence electrons. The molecule has 2 aromatic rings. The maximum Gasteiger partial charge on any atom is 0.180 e. The van der Waals surface area contributed by atoms with Gasteiger partial charge in [-0.05, 0) is 69.4 Å². The summed E-state index contributed by atoms with van der Waals surface area (Å²) in [6.45, 7) is 0. The average Bonchev–Trinajstić information content (AvgIpc) is 2.31. The topological polar surface area (TPSA) is 9.23 Å². The second-order valence-corrected chi connectivity index (χ2v) is 5.33. The molecule has 0 saturated heterocycles. The Morgan fingerprint density at radius 2 is 1.62 bits per heavy atom. The van der Waals surface area contributed by atoms with Gasteiger partial charge in [-0.3, -0.25) is 0 Å². The lowest BCUT2D eigenvalue weighted by molar-refractivity contribution is 0.439. The smallest absolute Gasteiger partial charge is 0.180 e. The zero-order valence-electron chi connectivity index (χ0n) is 8.08. The van der Waals surface area contributed by atoms with E-state index in [-0.39, 0.29) is 11.6 Å². The van der Waals surface area contributed by atoms with Crippen LogP contribution in [-0.4, -0.2) is 0 Å². The van der Waals surface area contributed by atoms with E-state index >= 15 is 0 Å². The Bertz CT molecular complexity index is 500. The molecule has 0 fully saturated rings. The summed E-state index contributed by atoms with van der Waals surface area (Å²) in [6.07, 6.45) is 0. The van der Waals surface area contributed by atoms with Gasteiger partial charge in [0.1, 0.15) is 5.75 Å². The molecule has 0 atom stereocenters. The van der Waals surface area contributed by atoms with Crippen LogP contribution in [0.3, 0.4) is 0 Å². The molecule has 1 nitrogen and oxygen atoms in total. The number of para-hydroxylation sites is 1. The van der Waals surface area contributed by atoms with Gasteiger partial charge in [-0.25, -0.2) is 4.39 Å². The molecular weight excluding hydrogens is 433 g/mol. The largest absolute Gasteiger partial charge is 0.454 e. The van der Waals surface area contributed by atoms with Gasteiger partial charge in [0.2, 0.25) is 0 Å². The molecule has 0 spiro atoms. The van der Waals surface area contributed by atoms with Crippen LogP contribution in [0, 0.1) is 13.0 Å². The molecule has 0 aliphatic heterocycles. The second-order valence-electron chi connectivity index (χ2n) is 3.09. The zero-order valence-corrected chi connectivity index (χ0v) is 12.4. The van der Waals surface area contributed by atoms with Crippen LogP contribution in [0.2, 0.25) is 0 Å². The number of rotatable bonds is 2. The summed E-state index contributed by atoms with van der Waals surface area (Å²) < 4.78 is 20.7. The molecular formula is C12H7FI2O. The molecule has 0 amide bonds. The molecule has 0 unspecified atom stereocenters. The Balaban J connectivity index is 2.33. The number of ether oxygens (including phenoxy) is 1. The van der Waals surface area contributed by atoms with Gasteiger partial charge in [0.05, 0.1) is 3.57 Å². The molecule has 0 saturated carbocycles. The molecule has 16 heavy (non-hydrogen) atoms. The van der Waals surface area contributed by atoms with Crippen LogP contribution in [0.5, 0.6) is 11.5 Å². The Hall–Kier alpha value is -0.370. The molecule has 0 bridgehead atoms. The van der Waals surface area contributed by atoms with Gasteiger partial charge in [0.15, 0.2) is 11.6 Å². The summed E-state index contributed by atoms with van der Waals surface area (Å²) in [5.41, 5.74) is 0. The second kappa shape index (κ2) is 5.31. The highest BCUT2D eigenvalue weighted by Crippen LogP contribution is 2.29. The first-order valence-electron chi connectivity index (χ1n) is 4.55. The molecule has 2 rings (SSSR count). The summed E-state index contributed by atoms with van der Waals surface area (Å²) in [5.74, 6) is 0.589. The highest BCUT2D eigenvalue weighted by Gasteiger charge is 2.11. The summed E-state index contributed by atoms with van der Waals surface area (Å²) in [5, 5.41) is 0. The van der Waals surface area contributed by atoms with E-state index in [1.54, 1.807) is 18.2 Å². The minimum absolute atomic E-state index is 0.260.